The fraction of sp³-hybridized carbons (Fsp3) is 0. The lowest BCUT2D eigenvalue weighted by molar-refractivity contribution is 1.49. The van der Waals surface area contributed by atoms with Crippen molar-refractivity contribution in [2.45, 2.75) is 0 Å². The molecule has 0 saturated heterocycles. The molecule has 5 heteroatoms. The van der Waals surface area contributed by atoms with E-state index in [2.05, 4.69) is 34.0 Å². The van der Waals surface area contributed by atoms with Gasteiger partial charge in [0.05, 0.1) is 47.4 Å². The molecule has 0 N–H and O–H groups in total. The molecule has 178 valence electrons. The first-order valence-corrected chi connectivity index (χ1v) is 12.6. The fourth-order valence-corrected chi connectivity index (χ4v) is 6.53. The third kappa shape index (κ3) is 2.49. The third-order valence-corrected chi connectivity index (χ3v) is 8.07. The van der Waals surface area contributed by atoms with Gasteiger partial charge in [0.2, 0.25) is 0 Å². The van der Waals surface area contributed by atoms with Gasteiger partial charge >= 0.3 is 0 Å². The third-order valence-electron chi connectivity index (χ3n) is 8.07. The molecule has 8 rings (SSSR count). The Morgan fingerprint density at radius 3 is 1.57 bits per heavy atom. The minimum atomic E-state index is 0.455. The predicted molar refractivity (Wildman–Crippen MR) is 159 cm³/mol. The zero-order valence-electron chi connectivity index (χ0n) is 20.7. The Hall–Kier alpha value is -6.27. The maximum Gasteiger partial charge on any atom is 0.184 e. The van der Waals surface area contributed by atoms with Gasteiger partial charge in [-0.05, 0) is 39.2 Å². The predicted octanol–water partition coefficient (Wildman–Crippen LogP) is 9.39. The van der Waals surface area contributed by atoms with Crippen LogP contribution in [0.3, 0.4) is 0 Å². The molecule has 0 saturated carbocycles. The molecule has 0 aliphatic carbocycles. The van der Waals surface area contributed by atoms with E-state index < -0.39 is 0 Å². The second-order valence-corrected chi connectivity index (χ2v) is 9.83. The number of nitriles is 2. The average molecular weight is 504 g/mol. The molecule has 0 unspecified atom stereocenters. The molecule has 0 amide bonds. The van der Waals surface area contributed by atoms with Gasteiger partial charge in [0.15, 0.2) is 11.4 Å². The quantitative estimate of drug-likeness (QED) is 0.210. The molecule has 0 atom stereocenters. The summed E-state index contributed by atoms with van der Waals surface area (Å²) in [5.41, 5.74) is 5.48. The molecule has 0 aliphatic rings. The van der Waals surface area contributed by atoms with E-state index in [1.807, 2.05) is 42.5 Å². The maximum absolute atomic E-state index is 9.91. The Morgan fingerprint density at radius 1 is 0.525 bits per heavy atom. The molecule has 5 nitrogen and oxygen atoms in total. The summed E-state index contributed by atoms with van der Waals surface area (Å²) in [5, 5.41) is 28.5. The molecule has 0 spiro atoms. The highest BCUT2D eigenvalue weighted by molar-refractivity contribution is 6.41. The molecule has 0 aliphatic heterocycles. The largest absolute Gasteiger partial charge is 0.246 e. The topological polar surface area (TPSA) is 69.2 Å². The van der Waals surface area contributed by atoms with E-state index in [0.29, 0.717) is 33.3 Å². The van der Waals surface area contributed by atoms with Crippen LogP contribution in [0.1, 0.15) is 11.1 Å². The number of hydrogen-bond donors (Lipinski definition) is 0. The molecule has 0 fully saturated rings. The van der Waals surface area contributed by atoms with Crippen molar-refractivity contribution >= 4 is 76.3 Å². The normalized spacial score (nSPS) is 11.4. The van der Waals surface area contributed by atoms with E-state index in [1.54, 1.807) is 24.3 Å². The van der Waals surface area contributed by atoms with Gasteiger partial charge in [-0.25, -0.2) is 14.7 Å². The summed E-state index contributed by atoms with van der Waals surface area (Å²) in [4.78, 5) is 12.8. The van der Waals surface area contributed by atoms with Gasteiger partial charge in [-0.1, -0.05) is 66.7 Å². The van der Waals surface area contributed by atoms with E-state index in [9.17, 15) is 10.5 Å². The molecular formula is C35H13N5. The highest BCUT2D eigenvalue weighted by Crippen LogP contribution is 2.52. The van der Waals surface area contributed by atoms with Crippen LogP contribution in [0.5, 0.6) is 0 Å². The monoisotopic (exact) mass is 503 g/mol. The first-order valence-electron chi connectivity index (χ1n) is 12.6. The highest BCUT2D eigenvalue weighted by Gasteiger charge is 2.26. The smallest absolute Gasteiger partial charge is 0.184 e. The summed E-state index contributed by atoms with van der Waals surface area (Å²) in [6.45, 7) is 15.6. The minimum absolute atomic E-state index is 0.455. The van der Waals surface area contributed by atoms with Gasteiger partial charge < -0.3 is 0 Å². The van der Waals surface area contributed by atoms with Crippen molar-refractivity contribution in [2.75, 3.05) is 0 Å². The van der Waals surface area contributed by atoms with Crippen molar-refractivity contribution in [1.82, 2.24) is 4.98 Å². The molecule has 0 bridgehead atoms. The van der Waals surface area contributed by atoms with Crippen molar-refractivity contribution < 1.29 is 0 Å². The molecule has 8 aromatic rings. The summed E-state index contributed by atoms with van der Waals surface area (Å²) < 4.78 is 0. The second-order valence-electron chi connectivity index (χ2n) is 9.83. The van der Waals surface area contributed by atoms with Gasteiger partial charge in [-0.2, -0.15) is 10.5 Å². The lowest BCUT2D eigenvalue weighted by Crippen LogP contribution is -1.85. The van der Waals surface area contributed by atoms with Crippen LogP contribution in [0.4, 0.5) is 11.4 Å². The van der Waals surface area contributed by atoms with E-state index in [-0.39, 0.29) is 0 Å². The lowest BCUT2D eigenvalue weighted by atomic mass is 9.94. The second kappa shape index (κ2) is 7.63. The number of pyridine rings is 1. The van der Waals surface area contributed by atoms with Crippen molar-refractivity contribution in [1.29, 1.82) is 10.5 Å². The first kappa shape index (κ1) is 21.8. The molecule has 40 heavy (non-hydrogen) atoms. The SMILES string of the molecule is [C-]#[N+]c1ccc2c3nc4c5ccc(C#N)c6c(C#N)ccc(c4c(-c4ccccc4)c3c3ccc([N+]#[C-])c1c23)c65. The highest BCUT2D eigenvalue weighted by atomic mass is 14.7. The van der Waals surface area contributed by atoms with Crippen LogP contribution in [0.2, 0.25) is 0 Å². The van der Waals surface area contributed by atoms with E-state index in [0.717, 1.165) is 65.3 Å². The number of fused-ring (bicyclic) bond motifs is 6. The molecular weight excluding hydrogens is 490 g/mol. The summed E-state index contributed by atoms with van der Waals surface area (Å²) in [7, 11) is 0. The van der Waals surface area contributed by atoms with Crippen LogP contribution in [-0.2, 0) is 0 Å². The van der Waals surface area contributed by atoms with E-state index >= 15 is 0 Å². The van der Waals surface area contributed by atoms with Crippen molar-refractivity contribution in [2.24, 2.45) is 0 Å². The Balaban J connectivity index is 1.74. The lowest BCUT2D eigenvalue weighted by Gasteiger charge is -2.09. The van der Waals surface area contributed by atoms with E-state index in [4.69, 9.17) is 18.1 Å². The zero-order chi connectivity index (χ0) is 27.1. The van der Waals surface area contributed by atoms with Crippen LogP contribution in [0, 0.1) is 35.8 Å². The number of aromatic nitrogens is 1. The van der Waals surface area contributed by atoms with Gasteiger partial charge in [0.25, 0.3) is 0 Å². The Kier molecular flexibility index (Phi) is 4.15. The number of nitrogens with zero attached hydrogens (tertiary/aromatic N) is 5. The maximum atomic E-state index is 9.91. The first-order chi connectivity index (χ1) is 19.7. The molecule has 1 aromatic heterocycles. The molecule has 1 heterocycles. The van der Waals surface area contributed by atoms with Crippen LogP contribution >= 0.6 is 0 Å². The average Bonchev–Trinajstić information content (AvgIpc) is 3.51. The van der Waals surface area contributed by atoms with Crippen LogP contribution in [0.15, 0.2) is 78.9 Å². The summed E-state index contributed by atoms with van der Waals surface area (Å²) in [6, 6.07) is 29.7. The van der Waals surface area contributed by atoms with Crippen molar-refractivity contribution in [3.8, 4) is 23.3 Å². The van der Waals surface area contributed by atoms with Crippen LogP contribution in [-0.4, -0.2) is 4.98 Å². The Labute approximate surface area is 227 Å². The minimum Gasteiger partial charge on any atom is -0.246 e. The van der Waals surface area contributed by atoms with Gasteiger partial charge in [-0.15, -0.1) is 0 Å². The molecule has 0 radical (unpaired) electrons. The van der Waals surface area contributed by atoms with Crippen molar-refractivity contribution in [3.05, 3.63) is 113 Å². The van der Waals surface area contributed by atoms with Gasteiger partial charge in [0, 0.05) is 37.9 Å². The van der Waals surface area contributed by atoms with E-state index in [1.165, 1.54) is 0 Å². The standard InChI is InChI=1S/C35H13N5/c1-38-25-14-12-22-30-24(13-15-26(39-2)33(25)30)35-32(22)28(18-6-4-3-5-7-18)31-21-10-8-19(16-36)27-20(17-37)9-11-23(29(21)27)34(31)40-35/h3-15H. The Bertz CT molecular complexity index is 2370. The number of benzene rings is 5. The number of rotatable bonds is 1. The van der Waals surface area contributed by atoms with Crippen LogP contribution in [0.25, 0.3) is 85.7 Å². The zero-order valence-corrected chi connectivity index (χ0v) is 20.7. The van der Waals surface area contributed by atoms with Crippen molar-refractivity contribution in [3.63, 3.8) is 0 Å². The number of hydrogen-bond acceptors (Lipinski definition) is 3. The van der Waals surface area contributed by atoms with Gasteiger partial charge in [0.1, 0.15) is 0 Å². The fourth-order valence-electron chi connectivity index (χ4n) is 6.53. The van der Waals surface area contributed by atoms with Crippen LogP contribution < -0.4 is 0 Å². The van der Waals surface area contributed by atoms with Gasteiger partial charge in [-0.3, -0.25) is 0 Å². The molecule has 7 aromatic carbocycles. The Morgan fingerprint density at radius 2 is 1.02 bits per heavy atom. The summed E-state index contributed by atoms with van der Waals surface area (Å²) in [6.07, 6.45) is 0. The summed E-state index contributed by atoms with van der Waals surface area (Å²) in [5.74, 6) is 0. The summed E-state index contributed by atoms with van der Waals surface area (Å²) >= 11 is 0.